The molecule has 2 heterocycles. The number of hydrogen-bond donors (Lipinski definition) is 2. The summed E-state index contributed by atoms with van der Waals surface area (Å²) in [6, 6.07) is 7.80. The van der Waals surface area contributed by atoms with Gasteiger partial charge in [0.25, 0.3) is 0 Å². The van der Waals surface area contributed by atoms with Crippen LogP contribution >= 0.6 is 11.3 Å². The Bertz CT molecular complexity index is 869. The van der Waals surface area contributed by atoms with Gasteiger partial charge in [-0.1, -0.05) is 12.1 Å². The van der Waals surface area contributed by atoms with Gasteiger partial charge in [0.05, 0.1) is 31.0 Å². The molecule has 0 bridgehead atoms. The average Bonchev–Trinajstić information content (AvgIpc) is 3.14. The Morgan fingerprint density at radius 1 is 1.04 bits per heavy atom. The van der Waals surface area contributed by atoms with Crippen molar-refractivity contribution in [3.8, 4) is 11.5 Å². The second kappa shape index (κ2) is 8.68. The lowest BCUT2D eigenvalue weighted by molar-refractivity contribution is 0.210. The molecule has 0 amide bonds. The normalized spacial score (nSPS) is 10.7. The molecule has 0 unspecified atom stereocenters. The van der Waals surface area contributed by atoms with E-state index in [9.17, 15) is 0 Å². The summed E-state index contributed by atoms with van der Waals surface area (Å²) in [6.07, 6.45) is 0. The van der Waals surface area contributed by atoms with Gasteiger partial charge in [-0.3, -0.25) is 0 Å². The summed E-state index contributed by atoms with van der Waals surface area (Å²) in [4.78, 5) is 9.14. The van der Waals surface area contributed by atoms with E-state index in [1.807, 2.05) is 29.6 Å². The lowest BCUT2D eigenvalue weighted by Crippen LogP contribution is -2.11. The van der Waals surface area contributed by atoms with E-state index in [2.05, 4.69) is 20.6 Å². The fraction of sp³-hybridized carbons (Fsp3) is 0.333. The van der Waals surface area contributed by atoms with Crippen LogP contribution in [0.4, 0.5) is 11.8 Å². The summed E-state index contributed by atoms with van der Waals surface area (Å²) < 4.78 is 16.9. The summed E-state index contributed by atoms with van der Waals surface area (Å²) in [5.41, 5.74) is 1.90. The molecule has 26 heavy (non-hydrogen) atoms. The molecule has 0 saturated heterocycles. The number of para-hydroxylation sites is 1. The number of aromatic nitrogens is 2. The zero-order valence-electron chi connectivity index (χ0n) is 15.0. The largest absolute Gasteiger partial charge is 0.493 e. The van der Waals surface area contributed by atoms with Gasteiger partial charge in [-0.25, -0.2) is 4.98 Å². The highest BCUT2D eigenvalue weighted by Crippen LogP contribution is 2.32. The number of anilines is 2. The molecule has 0 saturated carbocycles. The summed E-state index contributed by atoms with van der Waals surface area (Å²) in [6.45, 7) is 1.80. The molecule has 0 atom stereocenters. The van der Waals surface area contributed by atoms with E-state index in [0.29, 0.717) is 31.4 Å². The van der Waals surface area contributed by atoms with E-state index in [4.69, 9.17) is 14.2 Å². The molecule has 0 aliphatic heterocycles. The Labute approximate surface area is 156 Å². The molecule has 1 aromatic carbocycles. The summed E-state index contributed by atoms with van der Waals surface area (Å²) >= 11 is 1.61. The smallest absolute Gasteiger partial charge is 0.225 e. The molecule has 0 spiro atoms. The van der Waals surface area contributed by atoms with Crippen LogP contribution in [0.25, 0.3) is 10.2 Å². The Morgan fingerprint density at radius 2 is 1.92 bits per heavy atom. The van der Waals surface area contributed by atoms with E-state index in [-0.39, 0.29) is 0 Å². The van der Waals surface area contributed by atoms with E-state index >= 15 is 0 Å². The lowest BCUT2D eigenvalue weighted by Gasteiger charge is -2.14. The van der Waals surface area contributed by atoms with Crippen LogP contribution in [-0.4, -0.2) is 44.4 Å². The molecule has 138 valence electrons. The quantitative estimate of drug-likeness (QED) is 0.556. The molecule has 3 aromatic rings. The summed E-state index contributed by atoms with van der Waals surface area (Å²) in [5.74, 6) is 2.79. The third-order valence-corrected chi connectivity index (χ3v) is 4.73. The topological polar surface area (TPSA) is 77.5 Å². The standard InChI is InChI=1S/C18H22N4O3S/c1-23-9-8-19-18-21-13-7-10-26-16(13)17(22-18)20-11-12-5-4-6-14(24-2)15(12)25-3/h4-7,10H,8-9,11H2,1-3H3,(H2,19,20,21,22). The van der Waals surface area contributed by atoms with E-state index in [1.165, 1.54) is 0 Å². The number of thiophene rings is 1. The van der Waals surface area contributed by atoms with Crippen LogP contribution in [-0.2, 0) is 11.3 Å². The first kappa shape index (κ1) is 18.2. The van der Waals surface area contributed by atoms with E-state index in [0.717, 1.165) is 27.3 Å². The van der Waals surface area contributed by atoms with Crippen molar-refractivity contribution in [3.05, 3.63) is 35.2 Å². The van der Waals surface area contributed by atoms with Crippen molar-refractivity contribution in [2.45, 2.75) is 6.54 Å². The Morgan fingerprint density at radius 3 is 2.69 bits per heavy atom. The molecule has 0 fully saturated rings. The van der Waals surface area contributed by atoms with Crippen molar-refractivity contribution < 1.29 is 14.2 Å². The summed E-state index contributed by atoms with van der Waals surface area (Å²) in [7, 11) is 4.94. The monoisotopic (exact) mass is 374 g/mol. The van der Waals surface area contributed by atoms with Crippen molar-refractivity contribution in [2.24, 2.45) is 0 Å². The third-order valence-electron chi connectivity index (χ3n) is 3.82. The van der Waals surface area contributed by atoms with Crippen molar-refractivity contribution in [1.29, 1.82) is 0 Å². The highest BCUT2D eigenvalue weighted by atomic mass is 32.1. The Kier molecular flexibility index (Phi) is 6.08. The number of methoxy groups -OCH3 is 3. The summed E-state index contributed by atoms with van der Waals surface area (Å²) in [5, 5.41) is 8.59. The second-order valence-electron chi connectivity index (χ2n) is 5.46. The van der Waals surface area contributed by atoms with Gasteiger partial charge in [0.15, 0.2) is 11.5 Å². The van der Waals surface area contributed by atoms with Crippen LogP contribution in [0.2, 0.25) is 0 Å². The lowest BCUT2D eigenvalue weighted by atomic mass is 10.2. The van der Waals surface area contributed by atoms with E-state index in [1.54, 1.807) is 32.7 Å². The third kappa shape index (κ3) is 3.97. The maximum Gasteiger partial charge on any atom is 0.225 e. The fourth-order valence-electron chi connectivity index (χ4n) is 2.60. The predicted molar refractivity (Wildman–Crippen MR) is 105 cm³/mol. The van der Waals surface area contributed by atoms with Crippen LogP contribution < -0.4 is 20.1 Å². The molecule has 2 aromatic heterocycles. The number of nitrogens with zero attached hydrogens (tertiary/aromatic N) is 2. The van der Waals surface area contributed by atoms with Crippen molar-refractivity contribution in [1.82, 2.24) is 9.97 Å². The van der Waals surface area contributed by atoms with Gasteiger partial charge in [-0.05, 0) is 17.5 Å². The van der Waals surface area contributed by atoms with Crippen LogP contribution in [0.3, 0.4) is 0 Å². The zero-order valence-corrected chi connectivity index (χ0v) is 15.9. The van der Waals surface area contributed by atoms with Gasteiger partial charge in [-0.15, -0.1) is 11.3 Å². The minimum absolute atomic E-state index is 0.557. The minimum atomic E-state index is 0.557. The molecule has 8 heteroatoms. The average molecular weight is 374 g/mol. The van der Waals surface area contributed by atoms with Crippen molar-refractivity contribution in [3.63, 3.8) is 0 Å². The van der Waals surface area contributed by atoms with Gasteiger partial charge < -0.3 is 24.8 Å². The highest BCUT2D eigenvalue weighted by Gasteiger charge is 2.12. The van der Waals surface area contributed by atoms with Crippen molar-refractivity contribution >= 4 is 33.3 Å². The van der Waals surface area contributed by atoms with Gasteiger partial charge in [-0.2, -0.15) is 4.98 Å². The first-order valence-corrected chi connectivity index (χ1v) is 9.06. The van der Waals surface area contributed by atoms with Gasteiger partial charge in [0, 0.05) is 25.8 Å². The first-order chi connectivity index (χ1) is 12.8. The molecular formula is C18H22N4O3S. The molecular weight excluding hydrogens is 352 g/mol. The number of fused-ring (bicyclic) bond motifs is 1. The Balaban J connectivity index is 1.83. The molecule has 3 rings (SSSR count). The molecule has 7 nitrogen and oxygen atoms in total. The Hall–Kier alpha value is -2.58. The first-order valence-electron chi connectivity index (χ1n) is 8.18. The predicted octanol–water partition coefficient (Wildman–Crippen LogP) is 3.38. The molecule has 0 radical (unpaired) electrons. The van der Waals surface area contributed by atoms with Crippen LogP contribution in [0, 0.1) is 0 Å². The highest BCUT2D eigenvalue weighted by molar-refractivity contribution is 7.17. The SMILES string of the molecule is COCCNc1nc(NCc2cccc(OC)c2OC)c2sccc2n1. The number of ether oxygens (including phenoxy) is 3. The van der Waals surface area contributed by atoms with Crippen LogP contribution in [0.1, 0.15) is 5.56 Å². The molecule has 2 N–H and O–H groups in total. The van der Waals surface area contributed by atoms with Crippen LogP contribution in [0.5, 0.6) is 11.5 Å². The van der Waals surface area contributed by atoms with Crippen molar-refractivity contribution in [2.75, 3.05) is 45.1 Å². The van der Waals surface area contributed by atoms with Gasteiger partial charge in [0.1, 0.15) is 5.82 Å². The maximum atomic E-state index is 5.50. The van der Waals surface area contributed by atoms with Crippen LogP contribution in [0.15, 0.2) is 29.6 Å². The van der Waals surface area contributed by atoms with Gasteiger partial charge >= 0.3 is 0 Å². The molecule has 0 aliphatic rings. The minimum Gasteiger partial charge on any atom is -0.493 e. The number of hydrogen-bond acceptors (Lipinski definition) is 8. The fourth-order valence-corrected chi connectivity index (χ4v) is 3.40. The zero-order chi connectivity index (χ0) is 18.4. The molecule has 0 aliphatic carbocycles. The second-order valence-corrected chi connectivity index (χ2v) is 6.37. The van der Waals surface area contributed by atoms with E-state index < -0.39 is 0 Å². The maximum absolute atomic E-state index is 5.50. The van der Waals surface area contributed by atoms with Gasteiger partial charge in [0.2, 0.25) is 5.95 Å². The number of benzene rings is 1. The number of nitrogens with one attached hydrogen (secondary N) is 2. The number of rotatable bonds is 9.